The number of carbonyl (C=O) groups is 1. The van der Waals surface area contributed by atoms with Crippen LogP contribution in [0.15, 0.2) is 5.38 Å². The molecule has 106 valence electrons. The first-order chi connectivity index (χ1) is 8.98. The maximum atomic E-state index is 11.9. The number of aromatic nitrogens is 1. The number of urea groups is 1. The van der Waals surface area contributed by atoms with Gasteiger partial charge >= 0.3 is 6.03 Å². The molecule has 0 saturated carbocycles. The Kier molecular flexibility index (Phi) is 4.73. The fourth-order valence-electron chi connectivity index (χ4n) is 2.12. The molecule has 2 amide bonds. The van der Waals surface area contributed by atoms with Gasteiger partial charge in [-0.1, -0.05) is 0 Å². The lowest BCUT2D eigenvalue weighted by atomic mass is 10.1. The number of thioether (sulfide) groups is 1. The Morgan fingerprint density at radius 1 is 1.63 bits per heavy atom. The Balaban J connectivity index is 1.78. The lowest BCUT2D eigenvalue weighted by Gasteiger charge is -2.23. The summed E-state index contributed by atoms with van der Waals surface area (Å²) in [5, 5.41) is 8.87. The number of hydrogen-bond acceptors (Lipinski definition) is 4. The molecule has 0 aromatic carbocycles. The Bertz CT molecular complexity index is 441. The molecule has 1 fully saturated rings. The van der Waals surface area contributed by atoms with Gasteiger partial charge in [-0.2, -0.15) is 11.8 Å². The summed E-state index contributed by atoms with van der Waals surface area (Å²) in [6.45, 7) is 6.88. The summed E-state index contributed by atoms with van der Waals surface area (Å²) < 4.78 is 0.207. The van der Waals surface area contributed by atoms with E-state index in [0.717, 1.165) is 17.2 Å². The largest absolute Gasteiger partial charge is 0.337 e. The van der Waals surface area contributed by atoms with Crippen molar-refractivity contribution in [2.24, 2.45) is 0 Å². The Labute approximate surface area is 122 Å². The van der Waals surface area contributed by atoms with E-state index in [9.17, 15) is 4.79 Å². The Morgan fingerprint density at radius 2 is 2.42 bits per heavy atom. The second-order valence-corrected chi connectivity index (χ2v) is 7.85. The minimum absolute atomic E-state index is 0.0391. The first-order valence-corrected chi connectivity index (χ1v) is 8.45. The minimum Gasteiger partial charge on any atom is -0.337 e. The number of nitrogens with zero attached hydrogens (tertiary/aromatic N) is 1. The third-order valence-electron chi connectivity index (χ3n) is 3.28. The van der Waals surface area contributed by atoms with Crippen molar-refractivity contribution in [3.63, 3.8) is 0 Å². The van der Waals surface area contributed by atoms with Crippen molar-refractivity contribution < 1.29 is 4.79 Å². The van der Waals surface area contributed by atoms with Crippen LogP contribution in [-0.2, 0) is 0 Å². The number of hydrogen-bond donors (Lipinski definition) is 2. The average molecular weight is 299 g/mol. The highest BCUT2D eigenvalue weighted by Crippen LogP contribution is 2.36. The van der Waals surface area contributed by atoms with E-state index in [2.05, 4.69) is 22.5 Å². The van der Waals surface area contributed by atoms with Crippen molar-refractivity contribution in [3.8, 4) is 0 Å². The molecule has 2 heterocycles. The van der Waals surface area contributed by atoms with Gasteiger partial charge in [0.2, 0.25) is 0 Å². The van der Waals surface area contributed by atoms with Gasteiger partial charge in [-0.3, -0.25) is 0 Å². The summed E-state index contributed by atoms with van der Waals surface area (Å²) >= 11 is 3.54. The number of aryl methyl sites for hydroxylation is 1. The van der Waals surface area contributed by atoms with Crippen molar-refractivity contribution in [3.05, 3.63) is 16.1 Å². The molecule has 0 radical (unpaired) electrons. The Morgan fingerprint density at radius 3 is 3.00 bits per heavy atom. The molecule has 0 bridgehead atoms. The lowest BCUT2D eigenvalue weighted by molar-refractivity contribution is 0.237. The van der Waals surface area contributed by atoms with E-state index >= 15 is 0 Å². The topological polar surface area (TPSA) is 54.0 Å². The summed E-state index contributed by atoms with van der Waals surface area (Å²) in [4.78, 5) is 16.3. The monoisotopic (exact) mass is 299 g/mol. The summed E-state index contributed by atoms with van der Waals surface area (Å²) in [7, 11) is 0. The van der Waals surface area contributed by atoms with Gasteiger partial charge in [0.15, 0.2) is 0 Å². The molecule has 6 heteroatoms. The van der Waals surface area contributed by atoms with Gasteiger partial charge in [-0.05, 0) is 39.4 Å². The molecule has 2 atom stereocenters. The highest BCUT2D eigenvalue weighted by atomic mass is 32.2. The fourth-order valence-corrected chi connectivity index (χ4v) is 4.17. The molecule has 1 aliphatic rings. The summed E-state index contributed by atoms with van der Waals surface area (Å²) in [5.41, 5.74) is 1.00. The summed E-state index contributed by atoms with van der Waals surface area (Å²) in [6.07, 6.45) is 2.43. The van der Waals surface area contributed by atoms with Gasteiger partial charge < -0.3 is 10.6 Å². The molecule has 1 aromatic heterocycles. The standard InChI is InChI=1S/C13H21N3OS2/c1-9-7-18-11(15-9)10(2)16-12(17)14-8-13(3)5-4-6-19-13/h7,10H,4-6,8H2,1-3H3,(H2,14,16,17)/t10-,13-/m1/s1. The minimum atomic E-state index is -0.103. The van der Waals surface area contributed by atoms with Crippen molar-refractivity contribution >= 4 is 29.1 Å². The normalized spacial score (nSPS) is 24.2. The van der Waals surface area contributed by atoms with E-state index < -0.39 is 0 Å². The molecule has 4 nitrogen and oxygen atoms in total. The van der Waals surface area contributed by atoms with Gasteiger partial charge in [-0.25, -0.2) is 9.78 Å². The Hall–Kier alpha value is -0.750. The maximum Gasteiger partial charge on any atom is 0.315 e. The van der Waals surface area contributed by atoms with Crippen molar-refractivity contribution in [1.82, 2.24) is 15.6 Å². The number of amides is 2. The van der Waals surface area contributed by atoms with Crippen molar-refractivity contribution in [2.75, 3.05) is 12.3 Å². The van der Waals surface area contributed by atoms with Crippen LogP contribution >= 0.6 is 23.1 Å². The SMILES string of the molecule is Cc1csc([C@@H](C)NC(=O)NC[C@@]2(C)CCCS2)n1. The van der Waals surface area contributed by atoms with Crippen LogP contribution in [0.25, 0.3) is 0 Å². The van der Waals surface area contributed by atoms with Gasteiger partial charge in [0, 0.05) is 22.4 Å². The molecule has 0 spiro atoms. The summed E-state index contributed by atoms with van der Waals surface area (Å²) in [5.74, 6) is 1.20. The highest BCUT2D eigenvalue weighted by Gasteiger charge is 2.29. The van der Waals surface area contributed by atoms with E-state index in [1.807, 2.05) is 31.0 Å². The maximum absolute atomic E-state index is 11.9. The molecule has 2 N–H and O–H groups in total. The average Bonchev–Trinajstić information content (AvgIpc) is 2.96. The van der Waals surface area contributed by atoms with Crippen LogP contribution in [-0.4, -0.2) is 28.1 Å². The zero-order valence-corrected chi connectivity index (χ0v) is 13.3. The molecule has 1 saturated heterocycles. The van der Waals surface area contributed by atoms with Crippen LogP contribution in [0, 0.1) is 6.92 Å². The molecule has 0 unspecified atom stereocenters. The number of thiazole rings is 1. The van der Waals surface area contributed by atoms with E-state index in [4.69, 9.17) is 0 Å². The molecule has 2 rings (SSSR count). The van der Waals surface area contributed by atoms with Crippen LogP contribution < -0.4 is 10.6 Å². The molecule has 0 aliphatic carbocycles. The van der Waals surface area contributed by atoms with Crippen LogP contribution in [0.4, 0.5) is 4.79 Å². The fraction of sp³-hybridized carbons (Fsp3) is 0.692. The predicted molar refractivity (Wildman–Crippen MR) is 81.9 cm³/mol. The van der Waals surface area contributed by atoms with E-state index in [-0.39, 0.29) is 16.8 Å². The van der Waals surface area contributed by atoms with Gasteiger partial charge in [-0.15, -0.1) is 11.3 Å². The zero-order valence-electron chi connectivity index (χ0n) is 11.7. The van der Waals surface area contributed by atoms with Crippen LogP contribution in [0.2, 0.25) is 0 Å². The first kappa shape index (κ1) is 14.7. The second-order valence-electron chi connectivity index (χ2n) is 5.28. The summed E-state index contributed by atoms with van der Waals surface area (Å²) in [6, 6.07) is -0.142. The second kappa shape index (κ2) is 6.13. The zero-order chi connectivity index (χ0) is 13.9. The quantitative estimate of drug-likeness (QED) is 0.898. The predicted octanol–water partition coefficient (Wildman–Crippen LogP) is 3.10. The highest BCUT2D eigenvalue weighted by molar-refractivity contribution is 8.00. The molecule has 1 aromatic rings. The van der Waals surface area contributed by atoms with Crippen molar-refractivity contribution in [1.29, 1.82) is 0 Å². The third-order valence-corrected chi connectivity index (χ3v) is 5.96. The smallest absolute Gasteiger partial charge is 0.315 e. The molecular formula is C13H21N3OS2. The van der Waals surface area contributed by atoms with E-state index in [0.29, 0.717) is 0 Å². The third kappa shape index (κ3) is 4.11. The molecular weight excluding hydrogens is 278 g/mol. The number of carbonyl (C=O) groups excluding carboxylic acids is 1. The van der Waals surface area contributed by atoms with Crippen LogP contribution in [0.3, 0.4) is 0 Å². The molecule has 19 heavy (non-hydrogen) atoms. The van der Waals surface area contributed by atoms with Crippen LogP contribution in [0.5, 0.6) is 0 Å². The van der Waals surface area contributed by atoms with E-state index in [1.165, 1.54) is 18.6 Å². The van der Waals surface area contributed by atoms with Gasteiger partial charge in [0.05, 0.1) is 6.04 Å². The number of nitrogens with one attached hydrogen (secondary N) is 2. The van der Waals surface area contributed by atoms with E-state index in [1.54, 1.807) is 11.3 Å². The molecule has 1 aliphatic heterocycles. The number of rotatable bonds is 4. The van der Waals surface area contributed by atoms with Gasteiger partial charge in [0.25, 0.3) is 0 Å². The van der Waals surface area contributed by atoms with Crippen LogP contribution in [0.1, 0.15) is 43.4 Å². The van der Waals surface area contributed by atoms with Gasteiger partial charge in [0.1, 0.15) is 5.01 Å². The first-order valence-electron chi connectivity index (χ1n) is 6.59. The lowest BCUT2D eigenvalue weighted by Crippen LogP contribution is -2.43. The van der Waals surface area contributed by atoms with Crippen molar-refractivity contribution in [2.45, 2.75) is 44.4 Å².